The molecule has 0 aromatic rings. The van der Waals surface area contributed by atoms with Gasteiger partial charge >= 0.3 is 0 Å². The van der Waals surface area contributed by atoms with Crippen LogP contribution < -0.4 is 10.6 Å². The summed E-state index contributed by atoms with van der Waals surface area (Å²) in [5, 5.41) is 6.79. The maximum atomic E-state index is 12.1. The molecule has 0 bridgehead atoms. The highest BCUT2D eigenvalue weighted by Crippen LogP contribution is 2.20. The van der Waals surface area contributed by atoms with Gasteiger partial charge in [0.1, 0.15) is 0 Å². The number of guanidine groups is 1. The molecule has 0 spiro atoms. The molecule has 1 atom stereocenters. The van der Waals surface area contributed by atoms with Gasteiger partial charge in [0.15, 0.2) is 5.96 Å². The summed E-state index contributed by atoms with van der Waals surface area (Å²) in [5.41, 5.74) is 0. The minimum atomic E-state index is 0. The second-order valence-corrected chi connectivity index (χ2v) is 7.55. The first kappa shape index (κ1) is 23.5. The third-order valence-electron chi connectivity index (χ3n) is 5.08. The number of hydrogen-bond donors (Lipinski definition) is 2. The molecule has 0 aromatic heterocycles. The van der Waals surface area contributed by atoms with Crippen molar-refractivity contribution in [2.75, 3.05) is 33.3 Å². The van der Waals surface area contributed by atoms with Crippen molar-refractivity contribution in [3.8, 4) is 0 Å². The van der Waals surface area contributed by atoms with Gasteiger partial charge < -0.3 is 20.3 Å². The standard InChI is InChI=1S/C19H36N4O2.HI/c1-15(2)18(24)23-12-10-16(14-23)22-19(20-3)21-11-7-13-25-17-8-5-4-6-9-17;/h15-17H,4-14H2,1-3H3,(H2,20,21,22);1H. The second-order valence-electron chi connectivity index (χ2n) is 7.55. The van der Waals surface area contributed by atoms with E-state index in [0.717, 1.165) is 45.0 Å². The third-order valence-corrected chi connectivity index (χ3v) is 5.08. The first-order valence-electron chi connectivity index (χ1n) is 9.97. The van der Waals surface area contributed by atoms with Crippen molar-refractivity contribution in [3.05, 3.63) is 0 Å². The van der Waals surface area contributed by atoms with Crippen molar-refractivity contribution in [3.63, 3.8) is 0 Å². The molecule has 7 heteroatoms. The largest absolute Gasteiger partial charge is 0.378 e. The van der Waals surface area contributed by atoms with E-state index >= 15 is 0 Å². The highest BCUT2D eigenvalue weighted by molar-refractivity contribution is 14.0. The van der Waals surface area contributed by atoms with Crippen LogP contribution in [0, 0.1) is 5.92 Å². The van der Waals surface area contributed by atoms with Crippen LogP contribution in [0.15, 0.2) is 4.99 Å². The predicted octanol–water partition coefficient (Wildman–Crippen LogP) is 2.77. The zero-order chi connectivity index (χ0) is 18.1. The average Bonchev–Trinajstić information content (AvgIpc) is 3.09. The van der Waals surface area contributed by atoms with Gasteiger partial charge in [-0.3, -0.25) is 9.79 Å². The molecule has 1 aliphatic carbocycles. The molecule has 1 saturated heterocycles. The van der Waals surface area contributed by atoms with Crippen LogP contribution in [0.3, 0.4) is 0 Å². The van der Waals surface area contributed by atoms with Crippen LogP contribution >= 0.6 is 24.0 Å². The molecule has 26 heavy (non-hydrogen) atoms. The van der Waals surface area contributed by atoms with Crippen LogP contribution in [-0.2, 0) is 9.53 Å². The average molecular weight is 480 g/mol. The normalized spacial score (nSPS) is 21.6. The van der Waals surface area contributed by atoms with Gasteiger partial charge in [0.05, 0.1) is 6.10 Å². The van der Waals surface area contributed by atoms with Crippen LogP contribution in [-0.4, -0.2) is 62.2 Å². The molecule has 2 rings (SSSR count). The molecule has 2 fully saturated rings. The summed E-state index contributed by atoms with van der Waals surface area (Å²) >= 11 is 0. The summed E-state index contributed by atoms with van der Waals surface area (Å²) in [5.74, 6) is 1.13. The minimum Gasteiger partial charge on any atom is -0.378 e. The highest BCUT2D eigenvalue weighted by atomic mass is 127. The Kier molecular flexibility index (Phi) is 11.5. The smallest absolute Gasteiger partial charge is 0.225 e. The highest BCUT2D eigenvalue weighted by Gasteiger charge is 2.27. The number of carbonyl (C=O) groups excluding carboxylic acids is 1. The molecule has 1 aliphatic heterocycles. The lowest BCUT2D eigenvalue weighted by molar-refractivity contribution is -0.133. The van der Waals surface area contributed by atoms with E-state index in [9.17, 15) is 4.79 Å². The van der Waals surface area contributed by atoms with E-state index in [0.29, 0.717) is 6.10 Å². The molecule has 2 N–H and O–H groups in total. The molecular formula is C19H37IN4O2. The molecule has 2 aliphatic rings. The van der Waals surface area contributed by atoms with Gasteiger partial charge in [-0.15, -0.1) is 24.0 Å². The number of amides is 1. The van der Waals surface area contributed by atoms with Gasteiger partial charge in [-0.2, -0.15) is 0 Å². The van der Waals surface area contributed by atoms with Crippen molar-refractivity contribution in [2.24, 2.45) is 10.9 Å². The molecule has 152 valence electrons. The number of nitrogens with zero attached hydrogens (tertiary/aromatic N) is 2. The first-order chi connectivity index (χ1) is 12.1. The van der Waals surface area contributed by atoms with E-state index < -0.39 is 0 Å². The summed E-state index contributed by atoms with van der Waals surface area (Å²) in [7, 11) is 1.79. The Hall–Kier alpha value is -0.570. The Bertz CT molecular complexity index is 439. The fourth-order valence-electron chi connectivity index (χ4n) is 3.59. The van der Waals surface area contributed by atoms with Gasteiger partial charge in [-0.1, -0.05) is 33.1 Å². The van der Waals surface area contributed by atoms with E-state index in [4.69, 9.17) is 4.74 Å². The molecule has 1 saturated carbocycles. The quantitative estimate of drug-likeness (QED) is 0.255. The summed E-state index contributed by atoms with van der Waals surface area (Å²) in [6, 6.07) is 0.285. The van der Waals surface area contributed by atoms with Crippen LogP contribution in [0.1, 0.15) is 58.8 Å². The van der Waals surface area contributed by atoms with E-state index in [1.807, 2.05) is 18.7 Å². The van der Waals surface area contributed by atoms with Crippen LogP contribution in [0.4, 0.5) is 0 Å². The molecular weight excluding hydrogens is 443 g/mol. The fraction of sp³-hybridized carbons (Fsp3) is 0.895. The Morgan fingerprint density at radius 2 is 1.96 bits per heavy atom. The molecule has 0 radical (unpaired) electrons. The lowest BCUT2D eigenvalue weighted by atomic mass is 9.98. The van der Waals surface area contributed by atoms with Gasteiger partial charge in [-0.25, -0.2) is 0 Å². The van der Waals surface area contributed by atoms with Crippen molar-refractivity contribution >= 4 is 35.8 Å². The van der Waals surface area contributed by atoms with Crippen LogP contribution in [0.25, 0.3) is 0 Å². The van der Waals surface area contributed by atoms with Gasteiger partial charge in [0.2, 0.25) is 5.91 Å². The van der Waals surface area contributed by atoms with E-state index in [1.165, 1.54) is 32.1 Å². The van der Waals surface area contributed by atoms with Crippen molar-refractivity contribution in [2.45, 2.75) is 70.9 Å². The number of likely N-dealkylation sites (tertiary alicyclic amines) is 1. The number of nitrogens with one attached hydrogen (secondary N) is 2. The number of aliphatic imine (C=N–C) groups is 1. The topological polar surface area (TPSA) is 66.0 Å². The van der Waals surface area contributed by atoms with Gasteiger partial charge in [-0.05, 0) is 25.7 Å². The molecule has 1 unspecified atom stereocenters. The molecule has 1 amide bonds. The number of ether oxygens (including phenoxy) is 1. The Morgan fingerprint density at radius 3 is 2.62 bits per heavy atom. The minimum absolute atomic E-state index is 0. The Morgan fingerprint density at radius 1 is 1.23 bits per heavy atom. The number of hydrogen-bond acceptors (Lipinski definition) is 3. The summed E-state index contributed by atoms with van der Waals surface area (Å²) in [6.45, 7) is 7.18. The summed E-state index contributed by atoms with van der Waals surface area (Å²) in [6.07, 6.45) is 8.89. The Balaban J connectivity index is 0.00000338. The summed E-state index contributed by atoms with van der Waals surface area (Å²) < 4.78 is 5.95. The van der Waals surface area contributed by atoms with Crippen molar-refractivity contribution < 1.29 is 9.53 Å². The first-order valence-corrected chi connectivity index (χ1v) is 9.97. The van der Waals surface area contributed by atoms with Gasteiger partial charge in [0, 0.05) is 45.2 Å². The van der Waals surface area contributed by atoms with E-state index in [1.54, 1.807) is 7.05 Å². The summed E-state index contributed by atoms with van der Waals surface area (Å²) in [4.78, 5) is 18.3. The monoisotopic (exact) mass is 480 g/mol. The molecule has 1 heterocycles. The zero-order valence-corrected chi connectivity index (χ0v) is 19.0. The number of rotatable bonds is 7. The molecule has 6 nitrogen and oxygen atoms in total. The number of halogens is 1. The Labute approximate surface area is 175 Å². The van der Waals surface area contributed by atoms with Crippen LogP contribution in [0.5, 0.6) is 0 Å². The van der Waals surface area contributed by atoms with Crippen molar-refractivity contribution in [1.82, 2.24) is 15.5 Å². The van der Waals surface area contributed by atoms with E-state index in [-0.39, 0.29) is 41.8 Å². The lowest BCUT2D eigenvalue weighted by Gasteiger charge is -2.22. The third kappa shape index (κ3) is 7.98. The maximum Gasteiger partial charge on any atom is 0.225 e. The maximum absolute atomic E-state index is 12.1. The lowest BCUT2D eigenvalue weighted by Crippen LogP contribution is -2.45. The van der Waals surface area contributed by atoms with Gasteiger partial charge in [0.25, 0.3) is 0 Å². The predicted molar refractivity (Wildman–Crippen MR) is 117 cm³/mol. The second kappa shape index (κ2) is 12.8. The van der Waals surface area contributed by atoms with Crippen molar-refractivity contribution in [1.29, 1.82) is 0 Å². The SMILES string of the molecule is CN=C(NCCCOC1CCCCC1)NC1CCN(C(=O)C(C)C)C1.I. The fourth-order valence-corrected chi connectivity index (χ4v) is 3.59. The molecule has 0 aromatic carbocycles. The zero-order valence-electron chi connectivity index (χ0n) is 16.6. The van der Waals surface area contributed by atoms with E-state index in [2.05, 4.69) is 15.6 Å². The number of carbonyl (C=O) groups is 1. The van der Waals surface area contributed by atoms with Crippen LogP contribution in [0.2, 0.25) is 0 Å².